The van der Waals surface area contributed by atoms with Gasteiger partial charge in [0, 0.05) is 25.8 Å². The number of ether oxygens (including phenoxy) is 2. The quantitative estimate of drug-likeness (QED) is 0.175. The van der Waals surface area contributed by atoms with Crippen LogP contribution in [0.2, 0.25) is 0 Å². The minimum atomic E-state index is -1.12. The van der Waals surface area contributed by atoms with Gasteiger partial charge in [0.05, 0.1) is 12.2 Å². The largest absolute Gasteiger partial charge is 0.507 e. The number of carbonyl (C=O) groups is 1. The number of ketones is 1. The summed E-state index contributed by atoms with van der Waals surface area (Å²) in [7, 11) is 1.58. The molecule has 0 aliphatic carbocycles. The van der Waals surface area contributed by atoms with E-state index in [0.717, 1.165) is 5.57 Å². The van der Waals surface area contributed by atoms with E-state index in [0.29, 0.717) is 6.54 Å². The zero-order chi connectivity index (χ0) is 26.8. The molecule has 1 fully saturated rings. The summed E-state index contributed by atoms with van der Waals surface area (Å²) in [6, 6.07) is 1.24. The highest BCUT2D eigenvalue weighted by Crippen LogP contribution is 2.32. The van der Waals surface area contributed by atoms with Crippen LogP contribution in [-0.2, 0) is 9.47 Å². The third kappa shape index (κ3) is 7.22. The number of H-pyrrole nitrogens is 1. The second-order valence-corrected chi connectivity index (χ2v) is 8.65. The maximum atomic E-state index is 12.4. The molecule has 6 atom stereocenters. The molecular formula is C27H36N2O7. The minimum Gasteiger partial charge on any atom is -0.507 e. The molecule has 1 saturated heterocycles. The Morgan fingerprint density at radius 3 is 2.56 bits per heavy atom. The highest BCUT2D eigenvalue weighted by Gasteiger charge is 2.45. The Bertz CT molecular complexity index is 1100. The summed E-state index contributed by atoms with van der Waals surface area (Å²) in [5.41, 5.74) is 5.68. The predicted octanol–water partition coefficient (Wildman–Crippen LogP) is 1.92. The molecule has 9 nitrogen and oxygen atoms in total. The molecule has 2 unspecified atom stereocenters. The van der Waals surface area contributed by atoms with E-state index in [-0.39, 0.29) is 28.9 Å². The average molecular weight is 501 g/mol. The highest BCUT2D eigenvalue weighted by atomic mass is 16.5. The van der Waals surface area contributed by atoms with Crippen LogP contribution < -0.4 is 11.3 Å². The Hall–Kier alpha value is -3.08. The Morgan fingerprint density at radius 1 is 1.19 bits per heavy atom. The van der Waals surface area contributed by atoms with E-state index >= 15 is 0 Å². The number of nitrogens with two attached hydrogens (primary N) is 1. The van der Waals surface area contributed by atoms with Gasteiger partial charge in [-0.3, -0.25) is 9.59 Å². The number of Topliss-reactive ketones (excluding diaryl/α,β-unsaturated/α-hetero) is 1. The number of hydrogen-bond acceptors (Lipinski definition) is 8. The first-order chi connectivity index (χ1) is 17.1. The van der Waals surface area contributed by atoms with E-state index in [4.69, 9.17) is 15.2 Å². The number of aliphatic hydroxyl groups is 2. The Kier molecular flexibility index (Phi) is 11.2. The molecule has 0 amide bonds. The number of pyridine rings is 1. The van der Waals surface area contributed by atoms with Crippen LogP contribution in [0.25, 0.3) is 0 Å². The second kappa shape index (κ2) is 13.9. The maximum Gasteiger partial charge on any atom is 0.262 e. The number of aromatic amines is 1. The zero-order valence-electron chi connectivity index (χ0n) is 21.0. The minimum absolute atomic E-state index is 0.245. The van der Waals surface area contributed by atoms with Crippen molar-refractivity contribution in [3.8, 4) is 5.75 Å². The van der Waals surface area contributed by atoms with Crippen LogP contribution in [-0.4, -0.2) is 70.3 Å². The van der Waals surface area contributed by atoms with Crippen LogP contribution in [0.3, 0.4) is 0 Å². The first-order valence-electron chi connectivity index (χ1n) is 11.7. The van der Waals surface area contributed by atoms with Crippen molar-refractivity contribution in [1.82, 2.24) is 4.98 Å². The lowest BCUT2D eigenvalue weighted by Crippen LogP contribution is -2.40. The fourth-order valence-electron chi connectivity index (χ4n) is 4.10. The SMILES string of the molecule is CO[C@H](/C(C)=C/C=C/CN)[C@@H](C)C1OC(/C=C/C=C/C=C(\C)C(=O)c2c(O)cc[nH]c2=O)[C@H](O)[C@@H]1O. The molecule has 1 aromatic rings. The van der Waals surface area contributed by atoms with Crippen LogP contribution in [0, 0.1) is 5.92 Å². The molecule has 196 valence electrons. The molecule has 0 aromatic carbocycles. The molecule has 2 heterocycles. The van der Waals surface area contributed by atoms with Crippen LogP contribution >= 0.6 is 0 Å². The number of allylic oxidation sites excluding steroid dienone is 7. The van der Waals surface area contributed by atoms with Gasteiger partial charge in [-0.2, -0.15) is 0 Å². The smallest absolute Gasteiger partial charge is 0.262 e. The van der Waals surface area contributed by atoms with E-state index in [9.17, 15) is 24.9 Å². The van der Waals surface area contributed by atoms with Gasteiger partial charge >= 0.3 is 0 Å². The normalized spacial score (nSPS) is 25.3. The molecule has 0 radical (unpaired) electrons. The second-order valence-electron chi connectivity index (χ2n) is 8.65. The number of aromatic hydroxyl groups is 1. The Labute approximate surface area is 210 Å². The molecular weight excluding hydrogens is 464 g/mol. The standard InChI is InChI=1S/C27H36N2O7/c1-16(22(31)21-19(30)13-15-29-27(21)34)10-6-5-7-12-20-23(32)24(33)26(36-20)18(3)25(35-4)17(2)11-8-9-14-28/h5-13,15,18,20,23-26,32-33H,14,28H2,1-4H3,(H2,29,30,34)/b6-5+,9-8+,12-7+,16-10+,17-11+/t18-,20?,23+,24+,25-,26?/m1/s1. The number of carbonyl (C=O) groups excluding carboxylic acids is 1. The summed E-state index contributed by atoms with van der Waals surface area (Å²) in [4.78, 5) is 26.6. The lowest BCUT2D eigenvalue weighted by atomic mass is 9.89. The first kappa shape index (κ1) is 29.2. The molecule has 0 spiro atoms. The molecule has 0 bridgehead atoms. The van der Waals surface area contributed by atoms with Crippen LogP contribution in [0.5, 0.6) is 5.75 Å². The van der Waals surface area contributed by atoms with Gasteiger partial charge in [0.15, 0.2) is 5.78 Å². The fraction of sp³-hybridized carbons (Fsp3) is 0.407. The number of nitrogens with one attached hydrogen (secondary N) is 1. The lowest BCUT2D eigenvalue weighted by molar-refractivity contribution is -0.0515. The van der Waals surface area contributed by atoms with Crippen molar-refractivity contribution in [3.63, 3.8) is 0 Å². The van der Waals surface area contributed by atoms with E-state index in [1.54, 1.807) is 31.4 Å². The molecule has 1 aliphatic rings. The van der Waals surface area contributed by atoms with Gasteiger partial charge < -0.3 is 35.5 Å². The van der Waals surface area contributed by atoms with Crippen molar-refractivity contribution in [2.45, 2.75) is 51.3 Å². The number of aliphatic hydroxyl groups excluding tert-OH is 2. The van der Waals surface area contributed by atoms with Crippen LogP contribution in [0.1, 0.15) is 31.1 Å². The topological polar surface area (TPSA) is 155 Å². The lowest BCUT2D eigenvalue weighted by Gasteiger charge is -2.29. The van der Waals surface area contributed by atoms with E-state index in [1.807, 2.05) is 32.1 Å². The number of hydrogen-bond donors (Lipinski definition) is 5. The van der Waals surface area contributed by atoms with Gasteiger partial charge in [-0.15, -0.1) is 0 Å². The fourth-order valence-corrected chi connectivity index (χ4v) is 4.10. The van der Waals surface area contributed by atoms with Gasteiger partial charge in [0.25, 0.3) is 5.56 Å². The van der Waals surface area contributed by atoms with Crippen LogP contribution in [0.4, 0.5) is 0 Å². The van der Waals surface area contributed by atoms with E-state index in [1.165, 1.54) is 25.3 Å². The summed E-state index contributed by atoms with van der Waals surface area (Å²) < 4.78 is 11.6. The molecule has 9 heteroatoms. The summed E-state index contributed by atoms with van der Waals surface area (Å²) in [6.45, 7) is 5.77. The molecule has 36 heavy (non-hydrogen) atoms. The number of rotatable bonds is 11. The number of methoxy groups -OCH3 is 1. The van der Waals surface area contributed by atoms with Gasteiger partial charge in [0.2, 0.25) is 0 Å². The Balaban J connectivity index is 2.05. The first-order valence-corrected chi connectivity index (χ1v) is 11.7. The van der Waals surface area contributed by atoms with Crippen molar-refractivity contribution in [2.24, 2.45) is 11.7 Å². The van der Waals surface area contributed by atoms with Crippen molar-refractivity contribution < 1.29 is 29.6 Å². The molecule has 2 rings (SSSR count). The summed E-state index contributed by atoms with van der Waals surface area (Å²) in [5, 5.41) is 30.9. The molecule has 1 aromatic heterocycles. The van der Waals surface area contributed by atoms with Gasteiger partial charge in [-0.05, 0) is 31.1 Å². The van der Waals surface area contributed by atoms with Crippen molar-refractivity contribution in [1.29, 1.82) is 0 Å². The van der Waals surface area contributed by atoms with Crippen molar-refractivity contribution in [3.05, 3.63) is 87.9 Å². The molecule has 1 aliphatic heterocycles. The van der Waals surface area contributed by atoms with Gasteiger partial charge in [0.1, 0.15) is 29.6 Å². The third-order valence-electron chi connectivity index (χ3n) is 6.06. The van der Waals surface area contributed by atoms with Crippen molar-refractivity contribution in [2.75, 3.05) is 13.7 Å². The maximum absolute atomic E-state index is 12.4. The summed E-state index contributed by atoms with van der Waals surface area (Å²) in [6.07, 6.45) is 10.8. The summed E-state index contributed by atoms with van der Waals surface area (Å²) >= 11 is 0. The van der Waals surface area contributed by atoms with E-state index in [2.05, 4.69) is 4.98 Å². The third-order valence-corrected chi connectivity index (χ3v) is 6.06. The predicted molar refractivity (Wildman–Crippen MR) is 138 cm³/mol. The van der Waals surface area contributed by atoms with Gasteiger partial charge in [-0.1, -0.05) is 55.5 Å². The van der Waals surface area contributed by atoms with Crippen molar-refractivity contribution >= 4 is 5.78 Å². The van der Waals surface area contributed by atoms with E-state index < -0.39 is 35.8 Å². The zero-order valence-corrected chi connectivity index (χ0v) is 21.0. The highest BCUT2D eigenvalue weighted by molar-refractivity contribution is 6.09. The molecule has 6 N–H and O–H groups in total. The Morgan fingerprint density at radius 2 is 1.92 bits per heavy atom. The van der Waals surface area contributed by atoms with Gasteiger partial charge in [-0.25, -0.2) is 0 Å². The summed E-state index contributed by atoms with van der Waals surface area (Å²) in [5.74, 6) is -1.22. The number of aromatic nitrogens is 1. The molecule has 0 saturated carbocycles. The van der Waals surface area contributed by atoms with Crippen LogP contribution in [0.15, 0.2) is 76.8 Å². The monoisotopic (exact) mass is 500 g/mol. The average Bonchev–Trinajstić information content (AvgIpc) is 3.12.